The summed E-state index contributed by atoms with van der Waals surface area (Å²) >= 11 is 0. The van der Waals surface area contributed by atoms with E-state index in [0.717, 1.165) is 36.0 Å². The van der Waals surface area contributed by atoms with E-state index in [0.29, 0.717) is 6.61 Å². The van der Waals surface area contributed by atoms with Crippen molar-refractivity contribution in [3.63, 3.8) is 0 Å². The lowest BCUT2D eigenvalue weighted by Gasteiger charge is -2.21. The molecule has 2 N–H and O–H groups in total. The Morgan fingerprint density at radius 2 is 2.37 bits per heavy atom. The van der Waals surface area contributed by atoms with Gasteiger partial charge in [-0.05, 0) is 12.1 Å². The lowest BCUT2D eigenvalue weighted by Crippen LogP contribution is -2.35. The highest BCUT2D eigenvalue weighted by Crippen LogP contribution is 2.23. The Balaban J connectivity index is 1.83. The highest BCUT2D eigenvalue weighted by atomic mass is 16.5. The van der Waals surface area contributed by atoms with Gasteiger partial charge in [0.05, 0.1) is 38.3 Å². The molecule has 1 fully saturated rings. The predicted molar refractivity (Wildman–Crippen MR) is 72.1 cm³/mol. The summed E-state index contributed by atoms with van der Waals surface area (Å²) in [6, 6.07) is 8.06. The van der Waals surface area contributed by atoms with Crippen LogP contribution in [0.5, 0.6) is 5.75 Å². The minimum absolute atomic E-state index is 0.146. The summed E-state index contributed by atoms with van der Waals surface area (Å²) in [5.74, 6) is 1.75. The van der Waals surface area contributed by atoms with Gasteiger partial charge in [-0.3, -0.25) is 0 Å². The lowest BCUT2D eigenvalue weighted by atomic mass is 10.1. The van der Waals surface area contributed by atoms with Crippen LogP contribution in [0.1, 0.15) is 11.9 Å². The van der Waals surface area contributed by atoms with Crippen molar-refractivity contribution in [1.29, 1.82) is 0 Å². The second kappa shape index (κ2) is 5.42. The summed E-state index contributed by atoms with van der Waals surface area (Å²) in [5.41, 5.74) is 2.05. The smallest absolute Gasteiger partial charge is 0.126 e. The quantitative estimate of drug-likeness (QED) is 0.881. The Morgan fingerprint density at radius 1 is 1.42 bits per heavy atom. The molecule has 0 radical (unpaired) electrons. The van der Waals surface area contributed by atoms with Crippen LogP contribution >= 0.6 is 0 Å². The van der Waals surface area contributed by atoms with Gasteiger partial charge in [0.15, 0.2) is 0 Å². The minimum Gasteiger partial charge on any atom is -0.497 e. The van der Waals surface area contributed by atoms with Crippen molar-refractivity contribution in [2.45, 2.75) is 6.04 Å². The zero-order valence-corrected chi connectivity index (χ0v) is 10.8. The number of H-pyrrole nitrogens is 1. The molecule has 19 heavy (non-hydrogen) atoms. The average Bonchev–Trinajstić information content (AvgIpc) is 2.98. The number of aromatic nitrogens is 2. The summed E-state index contributed by atoms with van der Waals surface area (Å²) in [5, 5.41) is 3.38. The third-order valence-corrected chi connectivity index (χ3v) is 3.23. The van der Waals surface area contributed by atoms with E-state index in [1.165, 1.54) is 0 Å². The predicted octanol–water partition coefficient (Wildman–Crippen LogP) is 1.75. The SMILES string of the molecule is COc1cccc(-c2cnc(C3COCCN3)[nH]2)c1. The number of methoxy groups -OCH3 is 1. The first kappa shape index (κ1) is 12.2. The van der Waals surface area contributed by atoms with E-state index in [1.807, 2.05) is 30.5 Å². The zero-order chi connectivity index (χ0) is 13.1. The average molecular weight is 259 g/mol. The van der Waals surface area contributed by atoms with Gasteiger partial charge in [0, 0.05) is 12.1 Å². The molecule has 1 aromatic carbocycles. The molecular formula is C14H17N3O2. The maximum atomic E-state index is 5.45. The van der Waals surface area contributed by atoms with Crippen LogP contribution in [0.3, 0.4) is 0 Å². The fourth-order valence-electron chi connectivity index (χ4n) is 2.19. The number of benzene rings is 1. The normalized spacial score (nSPS) is 19.3. The number of imidazole rings is 1. The van der Waals surface area contributed by atoms with Gasteiger partial charge in [-0.25, -0.2) is 4.98 Å². The van der Waals surface area contributed by atoms with Crippen molar-refractivity contribution in [2.24, 2.45) is 0 Å². The molecule has 0 saturated carbocycles. The molecule has 0 spiro atoms. The molecule has 1 atom stereocenters. The molecule has 0 bridgehead atoms. The number of ether oxygens (including phenoxy) is 2. The van der Waals surface area contributed by atoms with Crippen LogP contribution in [0.2, 0.25) is 0 Å². The van der Waals surface area contributed by atoms with Gasteiger partial charge >= 0.3 is 0 Å². The Bertz CT molecular complexity index is 547. The molecule has 1 aromatic heterocycles. The summed E-state index contributed by atoms with van der Waals surface area (Å²) in [4.78, 5) is 7.77. The lowest BCUT2D eigenvalue weighted by molar-refractivity contribution is 0.0745. The first-order valence-electron chi connectivity index (χ1n) is 6.37. The molecule has 2 heterocycles. The number of nitrogens with one attached hydrogen (secondary N) is 2. The summed E-state index contributed by atoms with van der Waals surface area (Å²) in [7, 11) is 1.67. The number of aromatic amines is 1. The number of nitrogens with zero attached hydrogens (tertiary/aromatic N) is 1. The molecule has 1 aliphatic heterocycles. The molecule has 2 aromatic rings. The molecule has 3 rings (SSSR count). The number of morpholine rings is 1. The Kier molecular flexibility index (Phi) is 3.48. The van der Waals surface area contributed by atoms with Crippen molar-refractivity contribution in [2.75, 3.05) is 26.9 Å². The van der Waals surface area contributed by atoms with Crippen LogP contribution in [-0.4, -0.2) is 36.8 Å². The molecule has 1 unspecified atom stereocenters. The van der Waals surface area contributed by atoms with Crippen molar-refractivity contribution in [3.8, 4) is 17.0 Å². The molecule has 5 heteroatoms. The highest BCUT2D eigenvalue weighted by Gasteiger charge is 2.18. The molecular weight excluding hydrogens is 242 g/mol. The monoisotopic (exact) mass is 259 g/mol. The summed E-state index contributed by atoms with van der Waals surface area (Å²) in [6.07, 6.45) is 1.85. The van der Waals surface area contributed by atoms with Gasteiger partial charge < -0.3 is 19.8 Å². The van der Waals surface area contributed by atoms with Crippen molar-refractivity contribution in [3.05, 3.63) is 36.3 Å². The van der Waals surface area contributed by atoms with Crippen molar-refractivity contribution in [1.82, 2.24) is 15.3 Å². The van der Waals surface area contributed by atoms with E-state index in [1.54, 1.807) is 7.11 Å². The second-order valence-electron chi connectivity index (χ2n) is 4.50. The van der Waals surface area contributed by atoms with E-state index in [4.69, 9.17) is 9.47 Å². The Morgan fingerprint density at radius 3 is 3.16 bits per heavy atom. The van der Waals surface area contributed by atoms with Crippen LogP contribution < -0.4 is 10.1 Å². The van der Waals surface area contributed by atoms with E-state index < -0.39 is 0 Å². The van der Waals surface area contributed by atoms with Gasteiger partial charge in [0.2, 0.25) is 0 Å². The number of rotatable bonds is 3. The zero-order valence-electron chi connectivity index (χ0n) is 10.8. The van der Waals surface area contributed by atoms with Gasteiger partial charge in [-0.2, -0.15) is 0 Å². The molecule has 5 nitrogen and oxygen atoms in total. The van der Waals surface area contributed by atoms with E-state index >= 15 is 0 Å². The first-order chi connectivity index (χ1) is 9.36. The standard InChI is InChI=1S/C14H17N3O2/c1-18-11-4-2-3-10(7-11)12-8-16-14(17-12)13-9-19-6-5-15-13/h2-4,7-8,13,15H,5-6,9H2,1H3,(H,16,17). The van der Waals surface area contributed by atoms with Crippen LogP contribution in [0.25, 0.3) is 11.3 Å². The summed E-state index contributed by atoms with van der Waals surface area (Å²) < 4.78 is 10.7. The topological polar surface area (TPSA) is 59.2 Å². The first-order valence-corrected chi connectivity index (χ1v) is 6.37. The fourth-order valence-corrected chi connectivity index (χ4v) is 2.19. The molecule has 0 aliphatic carbocycles. The Labute approximate surface area is 112 Å². The van der Waals surface area contributed by atoms with Crippen molar-refractivity contribution < 1.29 is 9.47 Å². The van der Waals surface area contributed by atoms with E-state index in [2.05, 4.69) is 15.3 Å². The van der Waals surface area contributed by atoms with Crippen LogP contribution in [0.15, 0.2) is 30.5 Å². The minimum atomic E-state index is 0.146. The van der Waals surface area contributed by atoms with E-state index in [-0.39, 0.29) is 6.04 Å². The summed E-state index contributed by atoms with van der Waals surface area (Å²) in [6.45, 7) is 2.28. The van der Waals surface area contributed by atoms with Crippen LogP contribution in [-0.2, 0) is 4.74 Å². The van der Waals surface area contributed by atoms with Gasteiger partial charge in [0.25, 0.3) is 0 Å². The molecule has 0 amide bonds. The molecule has 1 aliphatic rings. The van der Waals surface area contributed by atoms with Gasteiger partial charge in [0.1, 0.15) is 11.6 Å². The van der Waals surface area contributed by atoms with E-state index in [9.17, 15) is 0 Å². The molecule has 100 valence electrons. The largest absolute Gasteiger partial charge is 0.497 e. The maximum Gasteiger partial charge on any atom is 0.126 e. The molecule has 1 saturated heterocycles. The number of hydrogen-bond acceptors (Lipinski definition) is 4. The van der Waals surface area contributed by atoms with Crippen LogP contribution in [0, 0.1) is 0 Å². The van der Waals surface area contributed by atoms with Crippen molar-refractivity contribution >= 4 is 0 Å². The van der Waals surface area contributed by atoms with Gasteiger partial charge in [-0.15, -0.1) is 0 Å². The third-order valence-electron chi connectivity index (χ3n) is 3.23. The maximum absolute atomic E-state index is 5.45. The third kappa shape index (κ3) is 2.62. The van der Waals surface area contributed by atoms with Gasteiger partial charge in [-0.1, -0.05) is 12.1 Å². The Hall–Kier alpha value is -1.85. The second-order valence-corrected chi connectivity index (χ2v) is 4.50. The highest BCUT2D eigenvalue weighted by molar-refractivity contribution is 5.60. The fraction of sp³-hybridized carbons (Fsp3) is 0.357. The number of hydrogen-bond donors (Lipinski definition) is 2. The van der Waals surface area contributed by atoms with Crippen LogP contribution in [0.4, 0.5) is 0 Å².